The van der Waals surface area contributed by atoms with E-state index in [1.165, 1.54) is 7.11 Å². The Bertz CT molecular complexity index is 1350. The Morgan fingerprint density at radius 1 is 0.854 bits per heavy atom. The Hall–Kier alpha value is -4.37. The quantitative estimate of drug-likeness (QED) is 0.445. The summed E-state index contributed by atoms with van der Waals surface area (Å²) in [6, 6.07) is 24.2. The zero-order valence-corrected chi connectivity index (χ0v) is 23.3. The molecule has 3 aromatic rings. The van der Waals surface area contributed by atoms with Crippen LogP contribution >= 0.6 is 0 Å². The minimum atomic E-state index is -0.989. The highest BCUT2D eigenvalue weighted by atomic mass is 16.5. The summed E-state index contributed by atoms with van der Waals surface area (Å²) in [6.07, 6.45) is 0. The van der Waals surface area contributed by atoms with E-state index in [1.54, 1.807) is 16.9 Å². The second kappa shape index (κ2) is 12.9. The van der Waals surface area contributed by atoms with Gasteiger partial charge in [-0.2, -0.15) is 0 Å². The first kappa shape index (κ1) is 28.2. The van der Waals surface area contributed by atoms with Crippen LogP contribution in [-0.4, -0.2) is 74.3 Å². The van der Waals surface area contributed by atoms with Gasteiger partial charge in [0.05, 0.1) is 39.4 Å². The summed E-state index contributed by atoms with van der Waals surface area (Å²) in [4.78, 5) is 45.5. The van der Waals surface area contributed by atoms with Gasteiger partial charge in [0.15, 0.2) is 0 Å². The first-order chi connectivity index (χ1) is 20.0. The maximum Gasteiger partial charge on any atom is 0.321 e. The summed E-state index contributed by atoms with van der Waals surface area (Å²) >= 11 is 0. The van der Waals surface area contributed by atoms with Crippen molar-refractivity contribution in [1.29, 1.82) is 0 Å². The van der Waals surface area contributed by atoms with Gasteiger partial charge in [-0.15, -0.1) is 0 Å². The molecule has 41 heavy (non-hydrogen) atoms. The Labute approximate surface area is 240 Å². The maximum absolute atomic E-state index is 14.4. The number of methoxy groups -OCH3 is 2. The molecule has 4 unspecified atom stereocenters. The maximum atomic E-state index is 14.4. The van der Waals surface area contributed by atoms with E-state index >= 15 is 0 Å². The van der Waals surface area contributed by atoms with Crippen molar-refractivity contribution in [3.05, 3.63) is 102 Å². The lowest BCUT2D eigenvalue weighted by molar-refractivity contribution is -0.146. The van der Waals surface area contributed by atoms with Crippen LogP contribution in [0, 0.1) is 5.92 Å². The third-order valence-electron chi connectivity index (χ3n) is 7.88. The van der Waals surface area contributed by atoms with E-state index in [-0.39, 0.29) is 18.5 Å². The average molecular weight is 558 g/mol. The van der Waals surface area contributed by atoms with Crippen LogP contribution in [0.15, 0.2) is 84.9 Å². The monoisotopic (exact) mass is 557 g/mol. The molecule has 2 aliphatic heterocycles. The van der Waals surface area contributed by atoms with Crippen LogP contribution in [0.2, 0.25) is 0 Å². The van der Waals surface area contributed by atoms with E-state index in [0.717, 1.165) is 16.7 Å². The van der Waals surface area contributed by atoms with Crippen LogP contribution in [0.5, 0.6) is 5.75 Å². The molecule has 0 bridgehead atoms. The number of ether oxygens (including phenoxy) is 3. The summed E-state index contributed by atoms with van der Waals surface area (Å²) in [5.41, 5.74) is 2.33. The van der Waals surface area contributed by atoms with Crippen LogP contribution in [0.3, 0.4) is 0 Å². The Kier molecular flexibility index (Phi) is 8.84. The van der Waals surface area contributed by atoms with E-state index in [9.17, 15) is 14.4 Å². The molecule has 0 saturated carbocycles. The largest absolute Gasteiger partial charge is 0.496 e. The summed E-state index contributed by atoms with van der Waals surface area (Å²) in [5, 5.41) is 3.04. The van der Waals surface area contributed by atoms with Crippen molar-refractivity contribution < 1.29 is 28.6 Å². The standard InChI is InChI=1S/C32H35N3O6/c1-39-25-16-10-9-15-24(25)21-33-30(36)29-26(22-11-5-3-6-12-22)27(31(37)40-2)28(23-13-7-4-8-14-23)35(29)32(38)34-17-19-41-20-18-34/h3-16,26-29H,17-21H2,1-2H3,(H,33,36). The van der Waals surface area contributed by atoms with Crippen molar-refractivity contribution in [2.24, 2.45) is 5.92 Å². The highest BCUT2D eigenvalue weighted by molar-refractivity contribution is 5.92. The predicted molar refractivity (Wildman–Crippen MR) is 152 cm³/mol. The zero-order chi connectivity index (χ0) is 28.8. The Morgan fingerprint density at radius 2 is 1.46 bits per heavy atom. The molecule has 4 atom stereocenters. The van der Waals surface area contributed by atoms with Gasteiger partial charge < -0.3 is 29.3 Å². The van der Waals surface area contributed by atoms with Gasteiger partial charge in [0.2, 0.25) is 5.91 Å². The molecule has 3 aromatic carbocycles. The number of rotatable bonds is 7. The van der Waals surface area contributed by atoms with Crippen LogP contribution in [0.4, 0.5) is 4.79 Å². The van der Waals surface area contributed by atoms with Crippen molar-refractivity contribution in [3.63, 3.8) is 0 Å². The van der Waals surface area contributed by atoms with Gasteiger partial charge in [-0.25, -0.2) is 4.79 Å². The van der Waals surface area contributed by atoms with Gasteiger partial charge >= 0.3 is 12.0 Å². The third-order valence-corrected chi connectivity index (χ3v) is 7.88. The molecular formula is C32H35N3O6. The third kappa shape index (κ3) is 5.76. The lowest BCUT2D eigenvalue weighted by atomic mass is 9.80. The molecule has 2 aliphatic rings. The molecule has 1 N–H and O–H groups in total. The molecule has 0 aromatic heterocycles. The molecule has 9 nitrogen and oxygen atoms in total. The van der Waals surface area contributed by atoms with Crippen LogP contribution in [-0.2, 0) is 25.6 Å². The van der Waals surface area contributed by atoms with Gasteiger partial charge in [0.1, 0.15) is 11.8 Å². The lowest BCUT2D eigenvalue weighted by Crippen LogP contribution is -2.54. The molecule has 0 spiro atoms. The number of hydrogen-bond acceptors (Lipinski definition) is 6. The minimum Gasteiger partial charge on any atom is -0.496 e. The summed E-state index contributed by atoms with van der Waals surface area (Å²) in [6.45, 7) is 1.79. The molecule has 2 fully saturated rings. The number of benzene rings is 3. The SMILES string of the molecule is COC(=O)C1C(c2ccccc2)C(C(=O)NCc2ccccc2OC)N(C(=O)N2CCOCC2)C1c1ccccc1. The van der Waals surface area contributed by atoms with Gasteiger partial charge in [0, 0.05) is 31.1 Å². The lowest BCUT2D eigenvalue weighted by Gasteiger charge is -2.37. The van der Waals surface area contributed by atoms with Gasteiger partial charge in [-0.3, -0.25) is 9.59 Å². The number of nitrogens with zero attached hydrogens (tertiary/aromatic N) is 2. The van der Waals surface area contributed by atoms with Gasteiger partial charge in [0.25, 0.3) is 0 Å². The number of nitrogens with one attached hydrogen (secondary N) is 1. The van der Waals surface area contributed by atoms with Crippen LogP contribution in [0.25, 0.3) is 0 Å². The predicted octanol–water partition coefficient (Wildman–Crippen LogP) is 3.76. The normalized spacial score (nSPS) is 22.2. The first-order valence-electron chi connectivity index (χ1n) is 13.8. The number of hydrogen-bond donors (Lipinski definition) is 1. The molecule has 5 rings (SSSR count). The van der Waals surface area contributed by atoms with Crippen molar-refractivity contribution >= 4 is 17.9 Å². The fraction of sp³-hybridized carbons (Fsp3) is 0.344. The van der Waals surface area contributed by atoms with E-state index in [1.807, 2.05) is 84.9 Å². The number of carbonyl (C=O) groups excluding carboxylic acids is 3. The fourth-order valence-corrected chi connectivity index (χ4v) is 5.99. The molecule has 2 heterocycles. The number of amides is 3. The second-order valence-corrected chi connectivity index (χ2v) is 10.1. The van der Waals surface area contributed by atoms with E-state index < -0.39 is 29.9 Å². The zero-order valence-electron chi connectivity index (χ0n) is 23.3. The van der Waals surface area contributed by atoms with Crippen molar-refractivity contribution in [3.8, 4) is 5.75 Å². The van der Waals surface area contributed by atoms with Crippen molar-refractivity contribution in [1.82, 2.24) is 15.1 Å². The summed E-state index contributed by atoms with van der Waals surface area (Å²) in [7, 11) is 2.92. The number of para-hydroxylation sites is 1. The molecule has 3 amide bonds. The molecule has 2 saturated heterocycles. The summed E-state index contributed by atoms with van der Waals surface area (Å²) < 4.78 is 16.3. The number of likely N-dealkylation sites (tertiary alicyclic amines) is 1. The fourth-order valence-electron chi connectivity index (χ4n) is 5.99. The smallest absolute Gasteiger partial charge is 0.321 e. The van der Waals surface area contributed by atoms with E-state index in [0.29, 0.717) is 32.1 Å². The number of esters is 1. The van der Waals surface area contributed by atoms with Crippen molar-refractivity contribution in [2.75, 3.05) is 40.5 Å². The van der Waals surface area contributed by atoms with E-state index in [4.69, 9.17) is 14.2 Å². The number of morpholine rings is 1. The van der Waals surface area contributed by atoms with Crippen molar-refractivity contribution in [2.45, 2.75) is 24.5 Å². The Morgan fingerprint density at radius 3 is 2.10 bits per heavy atom. The van der Waals surface area contributed by atoms with Crippen LogP contribution < -0.4 is 10.1 Å². The molecule has 9 heteroatoms. The van der Waals surface area contributed by atoms with E-state index in [2.05, 4.69) is 5.32 Å². The highest BCUT2D eigenvalue weighted by Crippen LogP contribution is 2.51. The van der Waals surface area contributed by atoms with Crippen LogP contribution in [0.1, 0.15) is 28.7 Å². The second-order valence-electron chi connectivity index (χ2n) is 10.1. The van der Waals surface area contributed by atoms with Gasteiger partial charge in [-0.05, 0) is 17.2 Å². The average Bonchev–Trinajstić information content (AvgIpc) is 3.40. The summed E-state index contributed by atoms with van der Waals surface area (Å²) in [5.74, 6) is -1.67. The van der Waals surface area contributed by atoms with Gasteiger partial charge in [-0.1, -0.05) is 78.9 Å². The highest BCUT2D eigenvalue weighted by Gasteiger charge is 2.58. The first-order valence-corrected chi connectivity index (χ1v) is 13.8. The molecule has 0 radical (unpaired) electrons. The molecular weight excluding hydrogens is 522 g/mol. The number of carbonyl (C=O) groups is 3. The number of urea groups is 1. The topological polar surface area (TPSA) is 97.4 Å². The minimum absolute atomic E-state index is 0.194. The molecule has 0 aliphatic carbocycles. The Balaban J connectivity index is 1.63. The molecule has 214 valence electrons.